The highest BCUT2D eigenvalue weighted by Gasteiger charge is 2.06. The second-order valence-electron chi connectivity index (χ2n) is 5.08. The fourth-order valence-electron chi connectivity index (χ4n) is 1.48. The second-order valence-corrected chi connectivity index (χ2v) is 5.08. The lowest BCUT2D eigenvalue weighted by molar-refractivity contribution is 0.411. The summed E-state index contributed by atoms with van der Waals surface area (Å²) in [6.07, 6.45) is 4.25. The molecule has 1 aromatic rings. The molecule has 0 atom stereocenters. The van der Waals surface area contributed by atoms with Gasteiger partial charge in [0.15, 0.2) is 0 Å². The minimum atomic E-state index is 0.238. The van der Waals surface area contributed by atoms with Gasteiger partial charge in [-0.2, -0.15) is 5.10 Å². The predicted octanol–water partition coefficient (Wildman–Crippen LogP) is 2.36. The largest absolute Gasteiger partial charge is 0.312 e. The third-order valence-corrected chi connectivity index (χ3v) is 2.38. The fourth-order valence-corrected chi connectivity index (χ4v) is 1.48. The molecular formula is C12H23N3. The first-order valence-electron chi connectivity index (χ1n) is 5.72. The van der Waals surface area contributed by atoms with E-state index in [1.54, 1.807) is 0 Å². The minimum absolute atomic E-state index is 0.238. The van der Waals surface area contributed by atoms with Crippen LogP contribution in [0.1, 0.15) is 39.3 Å². The number of aromatic nitrogens is 2. The number of hydrogen-bond acceptors (Lipinski definition) is 2. The van der Waals surface area contributed by atoms with Crippen LogP contribution in [0.15, 0.2) is 12.3 Å². The summed E-state index contributed by atoms with van der Waals surface area (Å²) < 4.78 is 2.07. The highest BCUT2D eigenvalue weighted by Crippen LogP contribution is 2.01. The van der Waals surface area contributed by atoms with E-state index in [0.29, 0.717) is 0 Å². The van der Waals surface area contributed by atoms with Crippen molar-refractivity contribution in [2.75, 3.05) is 6.54 Å². The molecule has 0 radical (unpaired) electrons. The Morgan fingerprint density at radius 1 is 1.33 bits per heavy atom. The third-order valence-electron chi connectivity index (χ3n) is 2.38. The summed E-state index contributed by atoms with van der Waals surface area (Å²) in [5.41, 5.74) is 1.49. The van der Waals surface area contributed by atoms with Crippen molar-refractivity contribution < 1.29 is 0 Å². The number of hydrogen-bond donors (Lipinski definition) is 1. The monoisotopic (exact) mass is 209 g/mol. The number of rotatable bonds is 5. The third kappa shape index (κ3) is 4.98. The van der Waals surface area contributed by atoms with Crippen molar-refractivity contribution in [2.24, 2.45) is 0 Å². The molecular weight excluding hydrogens is 186 g/mol. The molecule has 0 saturated heterocycles. The maximum atomic E-state index is 4.26. The van der Waals surface area contributed by atoms with Gasteiger partial charge in [-0.1, -0.05) is 0 Å². The van der Waals surface area contributed by atoms with Gasteiger partial charge < -0.3 is 5.32 Å². The summed E-state index contributed by atoms with van der Waals surface area (Å²) in [5.74, 6) is 0. The van der Waals surface area contributed by atoms with Crippen molar-refractivity contribution in [1.29, 1.82) is 0 Å². The van der Waals surface area contributed by atoms with E-state index < -0.39 is 0 Å². The van der Waals surface area contributed by atoms with E-state index in [0.717, 1.165) is 13.1 Å². The molecule has 0 aliphatic carbocycles. The zero-order chi connectivity index (χ0) is 11.3. The maximum absolute atomic E-state index is 4.26. The van der Waals surface area contributed by atoms with Gasteiger partial charge in [-0.05, 0) is 53.1 Å². The minimum Gasteiger partial charge on any atom is -0.312 e. The lowest BCUT2D eigenvalue weighted by Crippen LogP contribution is -2.36. The highest BCUT2D eigenvalue weighted by atomic mass is 15.3. The second kappa shape index (κ2) is 5.31. The Balaban J connectivity index is 2.10. The van der Waals surface area contributed by atoms with E-state index in [1.165, 1.54) is 18.5 Å². The molecule has 15 heavy (non-hydrogen) atoms. The van der Waals surface area contributed by atoms with Gasteiger partial charge in [0.1, 0.15) is 0 Å². The average Bonchev–Trinajstić information content (AvgIpc) is 2.49. The summed E-state index contributed by atoms with van der Waals surface area (Å²) >= 11 is 0. The summed E-state index contributed by atoms with van der Waals surface area (Å²) in [7, 11) is 0. The lowest BCUT2D eigenvalue weighted by atomic mass is 10.1. The van der Waals surface area contributed by atoms with Crippen LogP contribution in [-0.4, -0.2) is 21.9 Å². The summed E-state index contributed by atoms with van der Waals surface area (Å²) in [6.45, 7) is 10.8. The van der Waals surface area contributed by atoms with Crippen LogP contribution in [0.4, 0.5) is 0 Å². The molecule has 1 rings (SSSR count). The molecule has 0 bridgehead atoms. The molecule has 1 N–H and O–H groups in total. The van der Waals surface area contributed by atoms with Crippen LogP contribution in [0, 0.1) is 6.92 Å². The van der Waals surface area contributed by atoms with Crippen molar-refractivity contribution in [3.8, 4) is 0 Å². The van der Waals surface area contributed by atoms with E-state index in [1.807, 2.05) is 12.3 Å². The van der Waals surface area contributed by atoms with Crippen LogP contribution in [0.3, 0.4) is 0 Å². The summed E-state index contributed by atoms with van der Waals surface area (Å²) in [5, 5.41) is 7.75. The normalized spacial score (nSPS) is 12.0. The standard InChI is InChI=1S/C12H23N3/c1-11-7-9-14-15(11)10-6-5-8-13-12(2,3)4/h7,9,13H,5-6,8,10H2,1-4H3. The molecule has 0 fully saturated rings. The molecule has 3 heteroatoms. The SMILES string of the molecule is Cc1ccnn1CCCCNC(C)(C)C. The Bertz CT molecular complexity index is 283. The van der Waals surface area contributed by atoms with Crippen molar-refractivity contribution in [2.45, 2.75) is 52.6 Å². The Kier molecular flexibility index (Phi) is 4.33. The molecule has 0 unspecified atom stereocenters. The molecule has 3 nitrogen and oxygen atoms in total. The van der Waals surface area contributed by atoms with Crippen LogP contribution in [0.2, 0.25) is 0 Å². The maximum Gasteiger partial charge on any atom is 0.0492 e. The van der Waals surface area contributed by atoms with Gasteiger partial charge in [0.05, 0.1) is 0 Å². The van der Waals surface area contributed by atoms with Crippen LogP contribution in [-0.2, 0) is 6.54 Å². The fraction of sp³-hybridized carbons (Fsp3) is 0.750. The molecule has 0 amide bonds. The summed E-state index contributed by atoms with van der Waals surface area (Å²) in [4.78, 5) is 0. The van der Waals surface area contributed by atoms with Gasteiger partial charge in [0.25, 0.3) is 0 Å². The molecule has 0 saturated carbocycles. The van der Waals surface area contributed by atoms with Gasteiger partial charge in [0.2, 0.25) is 0 Å². The van der Waals surface area contributed by atoms with Gasteiger partial charge in [0, 0.05) is 24.0 Å². The molecule has 1 aromatic heterocycles. The molecule has 0 spiro atoms. The number of aryl methyl sites for hydroxylation is 2. The molecule has 1 heterocycles. The smallest absolute Gasteiger partial charge is 0.0492 e. The van der Waals surface area contributed by atoms with E-state index in [9.17, 15) is 0 Å². The van der Waals surface area contributed by atoms with Gasteiger partial charge in [-0.25, -0.2) is 0 Å². The highest BCUT2D eigenvalue weighted by molar-refractivity contribution is 4.96. The van der Waals surface area contributed by atoms with E-state index in [2.05, 4.69) is 42.8 Å². The van der Waals surface area contributed by atoms with Crippen LogP contribution in [0.25, 0.3) is 0 Å². The first-order valence-corrected chi connectivity index (χ1v) is 5.72. The van der Waals surface area contributed by atoms with Crippen molar-refractivity contribution in [1.82, 2.24) is 15.1 Å². The number of unbranched alkanes of at least 4 members (excludes halogenated alkanes) is 1. The average molecular weight is 209 g/mol. The molecule has 0 aliphatic rings. The topological polar surface area (TPSA) is 29.9 Å². The quantitative estimate of drug-likeness (QED) is 0.754. The van der Waals surface area contributed by atoms with E-state index in [-0.39, 0.29) is 5.54 Å². The first-order chi connectivity index (χ1) is 6.99. The van der Waals surface area contributed by atoms with E-state index >= 15 is 0 Å². The van der Waals surface area contributed by atoms with Crippen molar-refractivity contribution in [3.63, 3.8) is 0 Å². The summed E-state index contributed by atoms with van der Waals surface area (Å²) in [6, 6.07) is 2.05. The molecule has 86 valence electrons. The van der Waals surface area contributed by atoms with Crippen LogP contribution < -0.4 is 5.32 Å². The van der Waals surface area contributed by atoms with Crippen molar-refractivity contribution >= 4 is 0 Å². The number of nitrogens with zero attached hydrogens (tertiary/aromatic N) is 2. The van der Waals surface area contributed by atoms with Gasteiger partial charge in [-0.3, -0.25) is 4.68 Å². The van der Waals surface area contributed by atoms with Gasteiger partial charge >= 0.3 is 0 Å². The Morgan fingerprint density at radius 3 is 2.60 bits per heavy atom. The van der Waals surface area contributed by atoms with Crippen LogP contribution >= 0.6 is 0 Å². The van der Waals surface area contributed by atoms with Crippen molar-refractivity contribution in [3.05, 3.63) is 18.0 Å². The Morgan fingerprint density at radius 2 is 2.07 bits per heavy atom. The molecule has 0 aromatic carbocycles. The number of nitrogens with one attached hydrogen (secondary N) is 1. The first kappa shape index (κ1) is 12.2. The Hall–Kier alpha value is -0.830. The zero-order valence-electron chi connectivity index (χ0n) is 10.4. The molecule has 0 aliphatic heterocycles. The zero-order valence-corrected chi connectivity index (χ0v) is 10.4. The van der Waals surface area contributed by atoms with Crippen LogP contribution in [0.5, 0.6) is 0 Å². The Labute approximate surface area is 92.9 Å². The van der Waals surface area contributed by atoms with E-state index in [4.69, 9.17) is 0 Å². The lowest BCUT2D eigenvalue weighted by Gasteiger charge is -2.20. The van der Waals surface area contributed by atoms with Gasteiger partial charge in [-0.15, -0.1) is 0 Å². The predicted molar refractivity (Wildman–Crippen MR) is 64.0 cm³/mol.